The lowest BCUT2D eigenvalue weighted by Crippen LogP contribution is -2.31. The van der Waals surface area contributed by atoms with Gasteiger partial charge in [0, 0.05) is 6.61 Å². The van der Waals surface area contributed by atoms with Gasteiger partial charge in [-0.2, -0.15) is 0 Å². The summed E-state index contributed by atoms with van der Waals surface area (Å²) in [5.41, 5.74) is 2.77. The van der Waals surface area contributed by atoms with Crippen molar-refractivity contribution in [3.8, 4) is 0 Å². The van der Waals surface area contributed by atoms with E-state index in [1.807, 2.05) is 7.05 Å². The van der Waals surface area contributed by atoms with Gasteiger partial charge in [0.2, 0.25) is 0 Å². The number of likely N-dealkylation sites (N-methyl/N-ethyl adjacent to an activating group) is 1. The van der Waals surface area contributed by atoms with Crippen molar-refractivity contribution in [2.45, 2.75) is 58.6 Å². The fourth-order valence-electron chi connectivity index (χ4n) is 2.64. The third-order valence-electron chi connectivity index (χ3n) is 3.49. The van der Waals surface area contributed by atoms with Gasteiger partial charge in [-0.1, -0.05) is 51.0 Å². The van der Waals surface area contributed by atoms with Crippen LogP contribution >= 0.6 is 0 Å². The van der Waals surface area contributed by atoms with Crippen molar-refractivity contribution in [1.82, 2.24) is 5.32 Å². The van der Waals surface area contributed by atoms with E-state index in [1.165, 1.54) is 17.5 Å². The molecule has 1 aromatic rings. The minimum Gasteiger partial charge on any atom is -0.377 e. The van der Waals surface area contributed by atoms with Crippen LogP contribution in [0, 0.1) is 0 Å². The Morgan fingerprint density at radius 3 is 2.53 bits per heavy atom. The van der Waals surface area contributed by atoms with E-state index >= 15 is 0 Å². The van der Waals surface area contributed by atoms with Gasteiger partial charge >= 0.3 is 0 Å². The predicted octanol–water partition coefficient (Wildman–Crippen LogP) is 4.10. The molecule has 0 aliphatic heterocycles. The Balaban J connectivity index is 2.89. The van der Waals surface area contributed by atoms with E-state index in [4.69, 9.17) is 4.74 Å². The van der Waals surface area contributed by atoms with Gasteiger partial charge < -0.3 is 10.1 Å². The Bertz CT molecular complexity index is 345. The molecular formula is C17H29NO. The summed E-state index contributed by atoms with van der Waals surface area (Å²) in [6.07, 6.45) is 4.85. The SMILES string of the molecule is CCCc1cccc(C(NC)C(CCC)OCC)c1. The Hall–Kier alpha value is -0.860. The van der Waals surface area contributed by atoms with Crippen molar-refractivity contribution >= 4 is 0 Å². The minimum absolute atomic E-state index is 0.261. The summed E-state index contributed by atoms with van der Waals surface area (Å²) in [6.45, 7) is 7.29. The maximum Gasteiger partial charge on any atom is 0.0769 e. The summed E-state index contributed by atoms with van der Waals surface area (Å²) in [5, 5.41) is 3.43. The van der Waals surface area contributed by atoms with E-state index in [-0.39, 0.29) is 12.1 Å². The number of rotatable bonds is 9. The number of hydrogen-bond donors (Lipinski definition) is 1. The van der Waals surface area contributed by atoms with E-state index in [9.17, 15) is 0 Å². The molecule has 1 N–H and O–H groups in total. The molecule has 19 heavy (non-hydrogen) atoms. The molecule has 0 heterocycles. The van der Waals surface area contributed by atoms with E-state index in [0.29, 0.717) is 0 Å². The van der Waals surface area contributed by atoms with E-state index in [2.05, 4.69) is 50.4 Å². The van der Waals surface area contributed by atoms with Crippen LogP contribution in [0.4, 0.5) is 0 Å². The standard InChI is InChI=1S/C17H29NO/c1-5-9-14-11-8-12-15(13-14)17(18-4)16(10-6-2)19-7-3/h8,11-13,16-18H,5-7,9-10H2,1-4H3. The van der Waals surface area contributed by atoms with Crippen LogP contribution in [0.1, 0.15) is 57.2 Å². The molecule has 1 rings (SSSR count). The lowest BCUT2D eigenvalue weighted by Gasteiger charge is -2.27. The number of nitrogens with one attached hydrogen (secondary N) is 1. The van der Waals surface area contributed by atoms with Crippen molar-refractivity contribution in [3.63, 3.8) is 0 Å². The zero-order chi connectivity index (χ0) is 14.1. The summed E-state index contributed by atoms with van der Waals surface area (Å²) < 4.78 is 5.93. The Morgan fingerprint density at radius 2 is 1.95 bits per heavy atom. The Morgan fingerprint density at radius 1 is 1.16 bits per heavy atom. The molecule has 2 unspecified atom stereocenters. The van der Waals surface area contributed by atoms with Gasteiger partial charge in [0.15, 0.2) is 0 Å². The molecule has 2 nitrogen and oxygen atoms in total. The van der Waals surface area contributed by atoms with Gasteiger partial charge in [-0.3, -0.25) is 0 Å². The van der Waals surface area contributed by atoms with Gasteiger partial charge in [0.1, 0.15) is 0 Å². The van der Waals surface area contributed by atoms with Gasteiger partial charge in [0.05, 0.1) is 12.1 Å². The summed E-state index contributed by atoms with van der Waals surface area (Å²) in [7, 11) is 2.03. The van der Waals surface area contributed by atoms with Gasteiger partial charge in [0.25, 0.3) is 0 Å². The van der Waals surface area contributed by atoms with Crippen molar-refractivity contribution < 1.29 is 4.74 Å². The minimum atomic E-state index is 0.261. The molecule has 0 bridgehead atoms. The molecule has 0 aromatic heterocycles. The zero-order valence-corrected chi connectivity index (χ0v) is 12.9. The smallest absolute Gasteiger partial charge is 0.0769 e. The van der Waals surface area contributed by atoms with Gasteiger partial charge in [-0.25, -0.2) is 0 Å². The van der Waals surface area contributed by atoms with Crippen LogP contribution in [0.5, 0.6) is 0 Å². The van der Waals surface area contributed by atoms with Crippen molar-refractivity contribution in [1.29, 1.82) is 0 Å². The Labute approximate surface area is 118 Å². The first-order valence-corrected chi connectivity index (χ1v) is 7.64. The van der Waals surface area contributed by atoms with E-state index in [1.54, 1.807) is 0 Å². The largest absolute Gasteiger partial charge is 0.377 e. The lowest BCUT2D eigenvalue weighted by molar-refractivity contribution is 0.0295. The second-order valence-corrected chi connectivity index (χ2v) is 5.04. The molecule has 1 aromatic carbocycles. The lowest BCUT2D eigenvalue weighted by atomic mass is 9.95. The average Bonchev–Trinajstić information content (AvgIpc) is 2.41. The quantitative estimate of drug-likeness (QED) is 0.724. The maximum absolute atomic E-state index is 5.93. The monoisotopic (exact) mass is 263 g/mol. The second-order valence-electron chi connectivity index (χ2n) is 5.04. The molecule has 0 saturated carbocycles. The van der Waals surface area contributed by atoms with Crippen LogP contribution in [0.25, 0.3) is 0 Å². The molecule has 2 heteroatoms. The third-order valence-corrected chi connectivity index (χ3v) is 3.49. The highest BCUT2D eigenvalue weighted by molar-refractivity contribution is 5.27. The first-order chi connectivity index (χ1) is 9.26. The Kier molecular flexibility index (Phi) is 7.76. The highest BCUT2D eigenvalue weighted by Gasteiger charge is 2.21. The first-order valence-electron chi connectivity index (χ1n) is 7.64. The maximum atomic E-state index is 5.93. The highest BCUT2D eigenvalue weighted by atomic mass is 16.5. The first kappa shape index (κ1) is 16.2. The number of ether oxygens (including phenoxy) is 1. The van der Waals surface area contributed by atoms with Crippen LogP contribution in [0.2, 0.25) is 0 Å². The van der Waals surface area contributed by atoms with Crippen LogP contribution in [-0.4, -0.2) is 19.8 Å². The molecule has 108 valence electrons. The molecule has 0 radical (unpaired) electrons. The average molecular weight is 263 g/mol. The molecule has 0 aliphatic rings. The van der Waals surface area contributed by atoms with Crippen LogP contribution in [0.15, 0.2) is 24.3 Å². The molecule has 0 aliphatic carbocycles. The summed E-state index contributed by atoms with van der Waals surface area (Å²) >= 11 is 0. The molecule has 0 saturated heterocycles. The van der Waals surface area contributed by atoms with Gasteiger partial charge in [-0.05, 0) is 37.9 Å². The van der Waals surface area contributed by atoms with Crippen molar-refractivity contribution in [2.75, 3.05) is 13.7 Å². The molecular weight excluding hydrogens is 234 g/mol. The molecule has 0 fully saturated rings. The van der Waals surface area contributed by atoms with Crippen molar-refractivity contribution in [2.24, 2.45) is 0 Å². The van der Waals surface area contributed by atoms with Gasteiger partial charge in [-0.15, -0.1) is 0 Å². The third kappa shape index (κ3) is 4.96. The van der Waals surface area contributed by atoms with E-state index in [0.717, 1.165) is 25.9 Å². The second kappa shape index (κ2) is 9.11. The summed E-state index contributed by atoms with van der Waals surface area (Å²) in [5.74, 6) is 0. The number of benzene rings is 1. The highest BCUT2D eigenvalue weighted by Crippen LogP contribution is 2.23. The number of hydrogen-bond acceptors (Lipinski definition) is 2. The molecule has 0 amide bonds. The van der Waals surface area contributed by atoms with Crippen LogP contribution < -0.4 is 5.32 Å². The van der Waals surface area contributed by atoms with Crippen LogP contribution in [0.3, 0.4) is 0 Å². The molecule has 0 spiro atoms. The summed E-state index contributed by atoms with van der Waals surface area (Å²) in [4.78, 5) is 0. The fraction of sp³-hybridized carbons (Fsp3) is 0.647. The number of aryl methyl sites for hydroxylation is 1. The predicted molar refractivity (Wildman–Crippen MR) is 82.6 cm³/mol. The fourth-order valence-corrected chi connectivity index (χ4v) is 2.64. The topological polar surface area (TPSA) is 21.3 Å². The zero-order valence-electron chi connectivity index (χ0n) is 12.9. The van der Waals surface area contributed by atoms with Crippen molar-refractivity contribution in [3.05, 3.63) is 35.4 Å². The van der Waals surface area contributed by atoms with E-state index < -0.39 is 0 Å². The normalized spacial score (nSPS) is 14.3. The summed E-state index contributed by atoms with van der Waals surface area (Å²) in [6, 6.07) is 9.21. The van der Waals surface area contributed by atoms with Crippen LogP contribution in [-0.2, 0) is 11.2 Å². The molecule has 2 atom stereocenters.